The van der Waals surface area contributed by atoms with Crippen molar-refractivity contribution in [2.75, 3.05) is 17.4 Å². The minimum absolute atomic E-state index is 0.229. The molecule has 0 saturated heterocycles. The zero-order chi connectivity index (χ0) is 15.2. The quantitative estimate of drug-likeness (QED) is 0.715. The summed E-state index contributed by atoms with van der Waals surface area (Å²) in [6, 6.07) is 8.91. The topological polar surface area (TPSA) is 75.4 Å². The summed E-state index contributed by atoms with van der Waals surface area (Å²) >= 11 is 4.83. The van der Waals surface area contributed by atoms with Gasteiger partial charge < -0.3 is 5.73 Å². The zero-order valence-electron chi connectivity index (χ0n) is 11.7. The van der Waals surface area contributed by atoms with Crippen LogP contribution < -0.4 is 14.8 Å². The Morgan fingerprint density at radius 3 is 2.45 bits per heavy atom. The van der Waals surface area contributed by atoms with E-state index in [0.29, 0.717) is 23.6 Å². The van der Waals surface area contributed by atoms with Gasteiger partial charge in [0.15, 0.2) is 0 Å². The molecular formula is C13H21N3O2S2. The second kappa shape index (κ2) is 7.56. The molecule has 0 bridgehead atoms. The van der Waals surface area contributed by atoms with E-state index in [1.165, 1.54) is 4.31 Å². The molecule has 0 aliphatic heterocycles. The van der Waals surface area contributed by atoms with Crippen LogP contribution in [0.4, 0.5) is 5.69 Å². The number of nitrogens with two attached hydrogens (primary N) is 1. The minimum Gasteiger partial charge on any atom is -0.393 e. The molecule has 0 fully saturated rings. The second-order valence-electron chi connectivity index (χ2n) is 4.87. The maximum atomic E-state index is 12.4. The van der Waals surface area contributed by atoms with Crippen LogP contribution in [0.2, 0.25) is 0 Å². The summed E-state index contributed by atoms with van der Waals surface area (Å²) in [7, 11) is -3.60. The SMILES string of the molecule is CC(C)CNS(=O)(=O)N(CCC(N)=S)c1ccccc1. The number of benzene rings is 1. The maximum absolute atomic E-state index is 12.4. The standard InChI is InChI=1S/C13H21N3O2S2/c1-11(2)10-15-20(17,18)16(9-8-13(14)19)12-6-4-3-5-7-12/h3-7,11,15H,8-10H2,1-2H3,(H2,14,19). The Bertz CT molecular complexity index is 530. The molecular weight excluding hydrogens is 294 g/mol. The second-order valence-corrected chi connectivity index (χ2v) is 7.08. The monoisotopic (exact) mass is 315 g/mol. The first-order chi connectivity index (χ1) is 9.33. The zero-order valence-corrected chi connectivity index (χ0v) is 13.4. The molecule has 1 aromatic carbocycles. The van der Waals surface area contributed by atoms with Gasteiger partial charge in [0, 0.05) is 19.5 Å². The molecule has 5 nitrogen and oxygen atoms in total. The summed E-state index contributed by atoms with van der Waals surface area (Å²) in [6.45, 7) is 4.51. The predicted octanol–water partition coefficient (Wildman–Crippen LogP) is 1.66. The highest BCUT2D eigenvalue weighted by atomic mass is 32.2. The van der Waals surface area contributed by atoms with E-state index in [1.807, 2.05) is 19.9 Å². The number of para-hydroxylation sites is 1. The number of hydrogen-bond donors (Lipinski definition) is 2. The molecule has 3 N–H and O–H groups in total. The summed E-state index contributed by atoms with van der Waals surface area (Å²) in [5.74, 6) is 0.234. The molecule has 7 heteroatoms. The lowest BCUT2D eigenvalue weighted by molar-refractivity contribution is 0.556. The molecule has 0 saturated carbocycles. The number of nitrogens with zero attached hydrogens (tertiary/aromatic N) is 1. The fraction of sp³-hybridized carbons (Fsp3) is 0.462. The number of hydrogen-bond acceptors (Lipinski definition) is 3. The Morgan fingerprint density at radius 2 is 1.95 bits per heavy atom. The van der Waals surface area contributed by atoms with Gasteiger partial charge in [-0.15, -0.1) is 0 Å². The molecule has 1 aromatic rings. The van der Waals surface area contributed by atoms with Gasteiger partial charge in [0.25, 0.3) is 0 Å². The smallest absolute Gasteiger partial charge is 0.301 e. The van der Waals surface area contributed by atoms with Gasteiger partial charge in [0.2, 0.25) is 0 Å². The summed E-state index contributed by atoms with van der Waals surface area (Å²) in [5, 5.41) is 0. The van der Waals surface area contributed by atoms with Crippen LogP contribution in [0.25, 0.3) is 0 Å². The molecule has 0 aliphatic carbocycles. The average molecular weight is 315 g/mol. The van der Waals surface area contributed by atoms with E-state index >= 15 is 0 Å². The fourth-order valence-electron chi connectivity index (χ4n) is 1.54. The van der Waals surface area contributed by atoms with Crippen molar-refractivity contribution in [1.29, 1.82) is 0 Å². The molecule has 0 unspecified atom stereocenters. The summed E-state index contributed by atoms with van der Waals surface area (Å²) < 4.78 is 28.7. The number of rotatable bonds is 8. The van der Waals surface area contributed by atoms with Crippen molar-refractivity contribution in [3.8, 4) is 0 Å². The molecule has 0 radical (unpaired) electrons. The lowest BCUT2D eigenvalue weighted by atomic mass is 10.2. The van der Waals surface area contributed by atoms with Crippen molar-refractivity contribution in [2.24, 2.45) is 11.7 Å². The fourth-order valence-corrected chi connectivity index (χ4v) is 3.07. The van der Waals surface area contributed by atoms with Crippen molar-refractivity contribution in [1.82, 2.24) is 4.72 Å². The maximum Gasteiger partial charge on any atom is 0.301 e. The van der Waals surface area contributed by atoms with Crippen LogP contribution >= 0.6 is 12.2 Å². The molecule has 112 valence electrons. The highest BCUT2D eigenvalue weighted by molar-refractivity contribution is 7.90. The molecule has 0 amide bonds. The van der Waals surface area contributed by atoms with Crippen LogP contribution in [-0.2, 0) is 10.2 Å². The van der Waals surface area contributed by atoms with E-state index in [2.05, 4.69) is 4.72 Å². The highest BCUT2D eigenvalue weighted by Gasteiger charge is 2.22. The first-order valence-electron chi connectivity index (χ1n) is 6.43. The van der Waals surface area contributed by atoms with E-state index in [4.69, 9.17) is 18.0 Å². The van der Waals surface area contributed by atoms with Crippen molar-refractivity contribution in [3.63, 3.8) is 0 Å². The van der Waals surface area contributed by atoms with E-state index in [1.54, 1.807) is 24.3 Å². The number of thiocarbonyl (C=S) groups is 1. The normalized spacial score (nSPS) is 11.6. The summed E-state index contributed by atoms with van der Waals surface area (Å²) in [5.41, 5.74) is 6.07. The summed E-state index contributed by atoms with van der Waals surface area (Å²) in [4.78, 5) is 0.296. The Hall–Kier alpha value is -1.18. The highest BCUT2D eigenvalue weighted by Crippen LogP contribution is 2.17. The third-order valence-electron chi connectivity index (χ3n) is 2.57. The van der Waals surface area contributed by atoms with Gasteiger partial charge in [-0.1, -0.05) is 44.3 Å². The van der Waals surface area contributed by atoms with Gasteiger partial charge >= 0.3 is 10.2 Å². The first kappa shape index (κ1) is 16.9. The van der Waals surface area contributed by atoms with Crippen molar-refractivity contribution in [2.45, 2.75) is 20.3 Å². The van der Waals surface area contributed by atoms with Crippen LogP contribution in [0.3, 0.4) is 0 Å². The largest absolute Gasteiger partial charge is 0.393 e. The molecule has 1 rings (SSSR count). The minimum atomic E-state index is -3.60. The lowest BCUT2D eigenvalue weighted by Crippen LogP contribution is -2.43. The Labute approximate surface area is 126 Å². The number of anilines is 1. The van der Waals surface area contributed by atoms with Gasteiger partial charge in [0.05, 0.1) is 10.7 Å². The first-order valence-corrected chi connectivity index (χ1v) is 8.28. The lowest BCUT2D eigenvalue weighted by Gasteiger charge is -2.25. The summed E-state index contributed by atoms with van der Waals surface area (Å²) in [6.07, 6.45) is 0.340. The van der Waals surface area contributed by atoms with Crippen molar-refractivity contribution >= 4 is 33.1 Å². The van der Waals surface area contributed by atoms with Gasteiger partial charge in [-0.25, -0.2) is 0 Å². The third kappa shape index (κ3) is 5.44. The Balaban J connectivity index is 2.95. The molecule has 0 spiro atoms. The third-order valence-corrected chi connectivity index (χ3v) is 4.28. The van der Waals surface area contributed by atoms with Crippen LogP contribution in [0.5, 0.6) is 0 Å². The van der Waals surface area contributed by atoms with E-state index in [9.17, 15) is 8.42 Å². The average Bonchev–Trinajstić information content (AvgIpc) is 2.37. The molecule has 0 atom stereocenters. The van der Waals surface area contributed by atoms with Crippen LogP contribution in [0.15, 0.2) is 30.3 Å². The van der Waals surface area contributed by atoms with E-state index in [-0.39, 0.29) is 12.5 Å². The molecule has 0 aliphatic rings. The van der Waals surface area contributed by atoms with Gasteiger partial charge in [-0.05, 0) is 18.1 Å². The Kier molecular flexibility index (Phi) is 6.38. The van der Waals surface area contributed by atoms with Gasteiger partial charge in [0.1, 0.15) is 0 Å². The van der Waals surface area contributed by atoms with Gasteiger partial charge in [-0.2, -0.15) is 13.1 Å². The van der Waals surface area contributed by atoms with Crippen LogP contribution in [-0.4, -0.2) is 26.5 Å². The predicted molar refractivity (Wildman–Crippen MR) is 87.0 cm³/mol. The van der Waals surface area contributed by atoms with E-state index < -0.39 is 10.2 Å². The van der Waals surface area contributed by atoms with Crippen molar-refractivity contribution in [3.05, 3.63) is 30.3 Å². The molecule has 20 heavy (non-hydrogen) atoms. The van der Waals surface area contributed by atoms with Crippen LogP contribution in [0, 0.1) is 5.92 Å². The molecule has 0 aromatic heterocycles. The van der Waals surface area contributed by atoms with Gasteiger partial charge in [-0.3, -0.25) is 4.31 Å². The van der Waals surface area contributed by atoms with Crippen molar-refractivity contribution < 1.29 is 8.42 Å². The molecule has 0 heterocycles. The number of nitrogens with one attached hydrogen (secondary N) is 1. The van der Waals surface area contributed by atoms with E-state index in [0.717, 1.165) is 0 Å². The Morgan fingerprint density at radius 1 is 1.35 bits per heavy atom. The van der Waals surface area contributed by atoms with Crippen LogP contribution in [0.1, 0.15) is 20.3 Å².